The minimum atomic E-state index is -0.850. The van der Waals surface area contributed by atoms with E-state index in [0.29, 0.717) is 6.54 Å². The van der Waals surface area contributed by atoms with Gasteiger partial charge in [0.15, 0.2) is 0 Å². The minimum Gasteiger partial charge on any atom is -0.393 e. The molecule has 2 unspecified atom stereocenters. The van der Waals surface area contributed by atoms with Crippen molar-refractivity contribution >= 4 is 11.4 Å². The van der Waals surface area contributed by atoms with Crippen LogP contribution < -0.4 is 5.32 Å². The molecule has 2 rings (SSSR count). The second kappa shape index (κ2) is 5.30. The first-order chi connectivity index (χ1) is 8.59. The van der Waals surface area contributed by atoms with Gasteiger partial charge in [-0.15, -0.1) is 0 Å². The third-order valence-electron chi connectivity index (χ3n) is 3.34. The van der Waals surface area contributed by atoms with E-state index in [2.05, 4.69) is 5.32 Å². The van der Waals surface area contributed by atoms with E-state index in [4.69, 9.17) is 0 Å². The average molecular weight is 254 g/mol. The number of hydrogen-bond acceptors (Lipinski definition) is 4. The van der Waals surface area contributed by atoms with Crippen molar-refractivity contribution in [3.63, 3.8) is 0 Å². The molecule has 0 heterocycles. The van der Waals surface area contributed by atoms with Crippen molar-refractivity contribution in [1.29, 1.82) is 0 Å². The lowest BCUT2D eigenvalue weighted by molar-refractivity contribution is -0.386. The Morgan fingerprint density at radius 3 is 2.89 bits per heavy atom. The minimum absolute atomic E-state index is 0.0767. The highest BCUT2D eigenvalue weighted by atomic mass is 19.1. The first-order valence-electron chi connectivity index (χ1n) is 5.94. The highest BCUT2D eigenvalue weighted by Crippen LogP contribution is 2.30. The Balaban J connectivity index is 2.09. The molecular weight excluding hydrogens is 239 g/mol. The van der Waals surface area contributed by atoms with Crippen LogP contribution in [0.1, 0.15) is 19.3 Å². The largest absolute Gasteiger partial charge is 0.393 e. The van der Waals surface area contributed by atoms with Gasteiger partial charge in [0.1, 0.15) is 5.69 Å². The van der Waals surface area contributed by atoms with Gasteiger partial charge in [0.2, 0.25) is 5.82 Å². The number of para-hydroxylation sites is 1. The second-order valence-corrected chi connectivity index (χ2v) is 4.53. The molecule has 1 aliphatic rings. The monoisotopic (exact) mass is 254 g/mol. The summed E-state index contributed by atoms with van der Waals surface area (Å²) in [5, 5.41) is 23.3. The summed E-state index contributed by atoms with van der Waals surface area (Å²) in [5.74, 6) is -0.773. The van der Waals surface area contributed by atoms with Crippen LogP contribution >= 0.6 is 0 Å². The number of nitrogens with one attached hydrogen (secondary N) is 1. The van der Waals surface area contributed by atoms with Crippen LogP contribution in [0.15, 0.2) is 18.2 Å². The van der Waals surface area contributed by atoms with Gasteiger partial charge < -0.3 is 10.4 Å². The fraction of sp³-hybridized carbons (Fsp3) is 0.500. The Morgan fingerprint density at radius 2 is 2.28 bits per heavy atom. The van der Waals surface area contributed by atoms with Crippen LogP contribution in [0.5, 0.6) is 0 Å². The predicted molar refractivity (Wildman–Crippen MR) is 64.9 cm³/mol. The molecule has 1 aromatic rings. The predicted octanol–water partition coefficient (Wildman–Crippen LogP) is 2.31. The van der Waals surface area contributed by atoms with E-state index in [1.54, 1.807) is 0 Å². The molecule has 1 aliphatic carbocycles. The van der Waals surface area contributed by atoms with Gasteiger partial charge >= 0.3 is 5.69 Å². The van der Waals surface area contributed by atoms with Gasteiger partial charge in [-0.25, -0.2) is 0 Å². The van der Waals surface area contributed by atoms with Crippen molar-refractivity contribution in [3.8, 4) is 0 Å². The lowest BCUT2D eigenvalue weighted by Gasteiger charge is -2.15. The number of nitrogens with zero attached hydrogens (tertiary/aromatic N) is 1. The maximum atomic E-state index is 13.3. The molecule has 1 fully saturated rings. The number of nitro groups is 1. The van der Waals surface area contributed by atoms with Gasteiger partial charge in [-0.2, -0.15) is 4.39 Å². The summed E-state index contributed by atoms with van der Waals surface area (Å²) in [7, 11) is 0. The second-order valence-electron chi connectivity index (χ2n) is 4.53. The van der Waals surface area contributed by atoms with E-state index >= 15 is 0 Å². The maximum absolute atomic E-state index is 13.3. The number of benzene rings is 1. The summed E-state index contributed by atoms with van der Waals surface area (Å²) in [6.45, 7) is 0.422. The quantitative estimate of drug-likeness (QED) is 0.638. The Hall–Kier alpha value is -1.69. The van der Waals surface area contributed by atoms with Crippen molar-refractivity contribution < 1.29 is 14.4 Å². The van der Waals surface area contributed by atoms with Crippen molar-refractivity contribution in [2.75, 3.05) is 11.9 Å². The van der Waals surface area contributed by atoms with Crippen molar-refractivity contribution in [2.45, 2.75) is 25.4 Å². The van der Waals surface area contributed by atoms with E-state index in [-0.39, 0.29) is 17.7 Å². The summed E-state index contributed by atoms with van der Waals surface area (Å²) in [5.41, 5.74) is -0.371. The lowest BCUT2D eigenvalue weighted by atomic mass is 10.1. The first kappa shape index (κ1) is 12.8. The third kappa shape index (κ3) is 2.59. The molecule has 5 nitrogen and oxygen atoms in total. The van der Waals surface area contributed by atoms with Gasteiger partial charge in [0.25, 0.3) is 0 Å². The third-order valence-corrected chi connectivity index (χ3v) is 3.34. The van der Waals surface area contributed by atoms with E-state index in [1.165, 1.54) is 12.1 Å². The zero-order chi connectivity index (χ0) is 13.1. The van der Waals surface area contributed by atoms with Gasteiger partial charge in [0.05, 0.1) is 11.0 Å². The van der Waals surface area contributed by atoms with E-state index < -0.39 is 16.4 Å². The van der Waals surface area contributed by atoms with Crippen molar-refractivity contribution in [1.82, 2.24) is 0 Å². The zero-order valence-corrected chi connectivity index (χ0v) is 9.80. The van der Waals surface area contributed by atoms with Crippen molar-refractivity contribution in [2.24, 2.45) is 5.92 Å². The maximum Gasteiger partial charge on any atom is 0.327 e. The normalized spacial score (nSPS) is 23.0. The fourth-order valence-electron chi connectivity index (χ4n) is 2.34. The molecule has 1 saturated carbocycles. The van der Waals surface area contributed by atoms with Crippen LogP contribution in [0.2, 0.25) is 0 Å². The Kier molecular flexibility index (Phi) is 3.76. The van der Waals surface area contributed by atoms with Gasteiger partial charge in [-0.1, -0.05) is 12.5 Å². The number of aliphatic hydroxyl groups excluding tert-OH is 1. The first-order valence-corrected chi connectivity index (χ1v) is 5.94. The molecular formula is C12H15FN2O3. The molecule has 1 aromatic carbocycles. The molecule has 0 saturated heterocycles. The molecule has 0 spiro atoms. The Labute approximate surface area is 104 Å². The molecule has 0 radical (unpaired) electrons. The van der Waals surface area contributed by atoms with Gasteiger partial charge in [-0.3, -0.25) is 10.1 Å². The molecule has 2 atom stereocenters. The van der Waals surface area contributed by atoms with Crippen LogP contribution in [-0.4, -0.2) is 22.7 Å². The summed E-state index contributed by atoms with van der Waals surface area (Å²) in [6, 6.07) is 3.96. The lowest BCUT2D eigenvalue weighted by Crippen LogP contribution is -2.22. The van der Waals surface area contributed by atoms with E-state index in [0.717, 1.165) is 25.3 Å². The molecule has 2 N–H and O–H groups in total. The number of anilines is 1. The molecule has 0 bridgehead atoms. The summed E-state index contributed by atoms with van der Waals surface area (Å²) >= 11 is 0. The van der Waals surface area contributed by atoms with Crippen LogP contribution in [0.25, 0.3) is 0 Å². The standard InChI is InChI=1S/C12H15FN2O3/c13-9-4-2-5-10(12(9)15(17)18)14-7-8-3-1-6-11(8)16/h2,4-5,8,11,14,16H,1,3,6-7H2. The Bertz CT molecular complexity index is 453. The topological polar surface area (TPSA) is 75.4 Å². The number of aliphatic hydroxyl groups is 1. The van der Waals surface area contributed by atoms with Crippen LogP contribution in [0.4, 0.5) is 15.8 Å². The fourth-order valence-corrected chi connectivity index (χ4v) is 2.34. The van der Waals surface area contributed by atoms with Crippen LogP contribution in [0.3, 0.4) is 0 Å². The molecule has 6 heteroatoms. The van der Waals surface area contributed by atoms with Gasteiger partial charge in [0, 0.05) is 12.5 Å². The molecule has 98 valence electrons. The highest BCUT2D eigenvalue weighted by molar-refractivity contribution is 5.61. The van der Waals surface area contributed by atoms with Crippen LogP contribution in [-0.2, 0) is 0 Å². The molecule has 0 aliphatic heterocycles. The average Bonchev–Trinajstić information content (AvgIpc) is 2.71. The summed E-state index contributed by atoms with van der Waals surface area (Å²) in [6.07, 6.45) is 2.23. The number of hydrogen-bond donors (Lipinski definition) is 2. The van der Waals surface area contributed by atoms with E-state index in [1.807, 2.05) is 0 Å². The highest BCUT2D eigenvalue weighted by Gasteiger charge is 2.26. The summed E-state index contributed by atoms with van der Waals surface area (Å²) in [4.78, 5) is 10.0. The number of rotatable bonds is 4. The SMILES string of the molecule is O=[N+]([O-])c1c(F)cccc1NCC1CCCC1O. The Morgan fingerprint density at radius 1 is 1.50 bits per heavy atom. The van der Waals surface area contributed by atoms with E-state index in [9.17, 15) is 19.6 Å². The molecule has 0 aromatic heterocycles. The summed E-state index contributed by atoms with van der Waals surface area (Å²) < 4.78 is 13.3. The molecule has 0 amide bonds. The molecule has 18 heavy (non-hydrogen) atoms. The number of halogens is 1. The zero-order valence-electron chi connectivity index (χ0n) is 9.80. The number of nitro benzene ring substituents is 1. The van der Waals surface area contributed by atoms with Crippen LogP contribution in [0, 0.1) is 21.8 Å². The van der Waals surface area contributed by atoms with Crippen molar-refractivity contribution in [3.05, 3.63) is 34.1 Å². The van der Waals surface area contributed by atoms with Gasteiger partial charge in [-0.05, 0) is 25.0 Å². The smallest absolute Gasteiger partial charge is 0.327 e.